The van der Waals surface area contributed by atoms with E-state index in [4.69, 9.17) is 0 Å². The number of aromatic amines is 1. The SMILES string of the molecule is CCCN(Cc1c[nH]c2ccc(Br)cc12)C1CCCNC1. The number of rotatable bonds is 5. The van der Waals surface area contributed by atoms with Gasteiger partial charge in [0.2, 0.25) is 0 Å². The van der Waals surface area contributed by atoms with Crippen LogP contribution in [-0.4, -0.2) is 35.6 Å². The Labute approximate surface area is 135 Å². The standard InChI is InChI=1S/C17H24BrN3/c1-2-8-21(15-4-3-7-19-11-15)12-13-10-20-17-6-5-14(18)9-16(13)17/h5-6,9-10,15,19-20H,2-4,7-8,11-12H2,1H3. The molecule has 4 heteroatoms. The van der Waals surface area contributed by atoms with Crippen LogP contribution in [0.25, 0.3) is 10.9 Å². The Kier molecular flexibility index (Phi) is 4.99. The summed E-state index contributed by atoms with van der Waals surface area (Å²) in [5, 5.41) is 4.88. The fraction of sp³-hybridized carbons (Fsp3) is 0.529. The molecule has 0 aliphatic carbocycles. The Bertz CT molecular complexity index is 587. The Hall–Kier alpha value is -0.840. The molecule has 0 bridgehead atoms. The summed E-state index contributed by atoms with van der Waals surface area (Å²) in [4.78, 5) is 6.05. The van der Waals surface area contributed by atoms with Gasteiger partial charge in [0.05, 0.1) is 0 Å². The molecule has 2 N–H and O–H groups in total. The predicted octanol–water partition coefficient (Wildman–Crippen LogP) is 3.89. The van der Waals surface area contributed by atoms with E-state index < -0.39 is 0 Å². The number of nitrogens with zero attached hydrogens (tertiary/aromatic N) is 1. The number of benzene rings is 1. The van der Waals surface area contributed by atoms with Gasteiger partial charge in [0.15, 0.2) is 0 Å². The highest BCUT2D eigenvalue weighted by molar-refractivity contribution is 9.10. The van der Waals surface area contributed by atoms with Crippen LogP contribution in [0, 0.1) is 0 Å². The third-order valence-electron chi connectivity index (χ3n) is 4.40. The fourth-order valence-corrected chi connectivity index (χ4v) is 3.68. The predicted molar refractivity (Wildman–Crippen MR) is 92.6 cm³/mol. The third kappa shape index (κ3) is 3.50. The molecule has 1 aromatic carbocycles. The molecule has 3 nitrogen and oxygen atoms in total. The molecule has 1 fully saturated rings. The van der Waals surface area contributed by atoms with Gasteiger partial charge in [0, 0.05) is 40.7 Å². The van der Waals surface area contributed by atoms with Crippen molar-refractivity contribution < 1.29 is 0 Å². The molecule has 3 rings (SSSR count). The quantitative estimate of drug-likeness (QED) is 0.857. The van der Waals surface area contributed by atoms with Crippen molar-refractivity contribution >= 4 is 26.8 Å². The summed E-state index contributed by atoms with van der Waals surface area (Å²) in [6.45, 7) is 6.79. The lowest BCUT2D eigenvalue weighted by molar-refractivity contribution is 0.158. The van der Waals surface area contributed by atoms with E-state index in [9.17, 15) is 0 Å². The van der Waals surface area contributed by atoms with Crippen LogP contribution in [0.15, 0.2) is 28.9 Å². The zero-order valence-corrected chi connectivity index (χ0v) is 14.2. The Morgan fingerprint density at radius 3 is 3.05 bits per heavy atom. The normalized spacial score (nSPS) is 19.5. The van der Waals surface area contributed by atoms with Crippen LogP contribution >= 0.6 is 15.9 Å². The van der Waals surface area contributed by atoms with E-state index in [-0.39, 0.29) is 0 Å². The highest BCUT2D eigenvalue weighted by Gasteiger charge is 2.21. The summed E-state index contributed by atoms with van der Waals surface area (Å²) < 4.78 is 1.15. The Morgan fingerprint density at radius 2 is 2.29 bits per heavy atom. The van der Waals surface area contributed by atoms with E-state index in [2.05, 4.69) is 62.5 Å². The minimum absolute atomic E-state index is 0.677. The molecule has 1 aliphatic rings. The third-order valence-corrected chi connectivity index (χ3v) is 4.89. The summed E-state index contributed by atoms with van der Waals surface area (Å²) >= 11 is 3.59. The molecule has 21 heavy (non-hydrogen) atoms. The molecular weight excluding hydrogens is 326 g/mol. The first-order valence-electron chi connectivity index (χ1n) is 7.98. The lowest BCUT2D eigenvalue weighted by atomic mass is 10.0. The average molecular weight is 350 g/mol. The molecule has 1 unspecified atom stereocenters. The highest BCUT2D eigenvalue weighted by Crippen LogP contribution is 2.25. The van der Waals surface area contributed by atoms with Crippen molar-refractivity contribution in [2.75, 3.05) is 19.6 Å². The van der Waals surface area contributed by atoms with Gasteiger partial charge in [-0.3, -0.25) is 4.90 Å². The molecule has 0 radical (unpaired) electrons. The van der Waals surface area contributed by atoms with E-state index in [1.807, 2.05) is 0 Å². The Balaban J connectivity index is 1.81. The fourth-order valence-electron chi connectivity index (χ4n) is 3.32. The van der Waals surface area contributed by atoms with Crippen molar-refractivity contribution in [1.82, 2.24) is 15.2 Å². The van der Waals surface area contributed by atoms with Gasteiger partial charge in [-0.15, -0.1) is 0 Å². The first-order valence-corrected chi connectivity index (χ1v) is 8.77. The summed E-state index contributed by atoms with van der Waals surface area (Å²) in [6.07, 6.45) is 6.00. The van der Waals surface area contributed by atoms with Crippen molar-refractivity contribution in [3.63, 3.8) is 0 Å². The van der Waals surface area contributed by atoms with Gasteiger partial charge in [-0.1, -0.05) is 22.9 Å². The molecule has 2 heterocycles. The van der Waals surface area contributed by atoms with Crippen LogP contribution in [0.5, 0.6) is 0 Å². The van der Waals surface area contributed by atoms with E-state index >= 15 is 0 Å². The first kappa shape index (κ1) is 15.1. The summed E-state index contributed by atoms with van der Waals surface area (Å²) in [7, 11) is 0. The average Bonchev–Trinajstić information content (AvgIpc) is 2.90. The molecule has 0 saturated carbocycles. The van der Waals surface area contributed by atoms with E-state index in [1.54, 1.807) is 0 Å². The van der Waals surface area contributed by atoms with Gasteiger partial charge in [0.1, 0.15) is 0 Å². The van der Waals surface area contributed by atoms with Crippen LogP contribution in [0.4, 0.5) is 0 Å². The van der Waals surface area contributed by atoms with Gasteiger partial charge >= 0.3 is 0 Å². The second-order valence-electron chi connectivity index (χ2n) is 5.97. The smallest absolute Gasteiger partial charge is 0.0458 e. The number of nitrogens with one attached hydrogen (secondary N) is 2. The van der Waals surface area contributed by atoms with Gasteiger partial charge in [-0.2, -0.15) is 0 Å². The van der Waals surface area contributed by atoms with Crippen molar-refractivity contribution in [2.24, 2.45) is 0 Å². The largest absolute Gasteiger partial charge is 0.361 e. The highest BCUT2D eigenvalue weighted by atomic mass is 79.9. The molecule has 0 amide bonds. The number of hydrogen-bond acceptors (Lipinski definition) is 2. The second kappa shape index (κ2) is 6.95. The molecule has 114 valence electrons. The van der Waals surface area contributed by atoms with E-state index in [1.165, 1.54) is 48.8 Å². The van der Waals surface area contributed by atoms with E-state index in [0.29, 0.717) is 6.04 Å². The van der Waals surface area contributed by atoms with Gasteiger partial charge < -0.3 is 10.3 Å². The molecular formula is C17H24BrN3. The zero-order chi connectivity index (χ0) is 14.7. The molecule has 1 saturated heterocycles. The summed E-state index contributed by atoms with van der Waals surface area (Å²) in [6, 6.07) is 7.15. The van der Waals surface area contributed by atoms with Crippen molar-refractivity contribution in [1.29, 1.82) is 0 Å². The van der Waals surface area contributed by atoms with Crippen LogP contribution in [0.3, 0.4) is 0 Å². The van der Waals surface area contributed by atoms with Crippen LogP contribution in [0.1, 0.15) is 31.7 Å². The van der Waals surface area contributed by atoms with Gasteiger partial charge in [0.25, 0.3) is 0 Å². The van der Waals surface area contributed by atoms with Gasteiger partial charge in [-0.05, 0) is 56.1 Å². The maximum atomic E-state index is 3.59. The van der Waals surface area contributed by atoms with Crippen LogP contribution < -0.4 is 5.32 Å². The van der Waals surface area contributed by atoms with Crippen LogP contribution in [0.2, 0.25) is 0 Å². The summed E-state index contributed by atoms with van der Waals surface area (Å²) in [5.74, 6) is 0. The molecule has 1 aliphatic heterocycles. The first-order chi connectivity index (χ1) is 10.3. The minimum Gasteiger partial charge on any atom is -0.361 e. The van der Waals surface area contributed by atoms with Crippen molar-refractivity contribution in [2.45, 2.75) is 38.8 Å². The number of hydrogen-bond donors (Lipinski definition) is 2. The van der Waals surface area contributed by atoms with E-state index in [0.717, 1.165) is 17.6 Å². The number of H-pyrrole nitrogens is 1. The number of aromatic nitrogens is 1. The summed E-state index contributed by atoms with van der Waals surface area (Å²) in [5.41, 5.74) is 2.64. The Morgan fingerprint density at radius 1 is 1.38 bits per heavy atom. The maximum absolute atomic E-state index is 3.59. The lowest BCUT2D eigenvalue weighted by Gasteiger charge is -2.34. The number of fused-ring (bicyclic) bond motifs is 1. The molecule has 1 atom stereocenters. The van der Waals surface area contributed by atoms with Crippen molar-refractivity contribution in [3.05, 3.63) is 34.4 Å². The maximum Gasteiger partial charge on any atom is 0.0458 e. The minimum atomic E-state index is 0.677. The number of halogens is 1. The lowest BCUT2D eigenvalue weighted by Crippen LogP contribution is -2.45. The molecule has 2 aromatic rings. The van der Waals surface area contributed by atoms with Crippen LogP contribution in [-0.2, 0) is 6.54 Å². The molecule has 1 aromatic heterocycles. The topological polar surface area (TPSA) is 31.1 Å². The molecule has 0 spiro atoms. The monoisotopic (exact) mass is 349 g/mol. The van der Waals surface area contributed by atoms with Crippen molar-refractivity contribution in [3.8, 4) is 0 Å². The second-order valence-corrected chi connectivity index (χ2v) is 6.89. The number of piperidine rings is 1. The van der Waals surface area contributed by atoms with Gasteiger partial charge in [-0.25, -0.2) is 0 Å². The zero-order valence-electron chi connectivity index (χ0n) is 12.7.